The van der Waals surface area contributed by atoms with Crippen LogP contribution in [0.5, 0.6) is 0 Å². The molecule has 150 valence electrons. The molecule has 7 atom stereocenters. The van der Waals surface area contributed by atoms with Crippen molar-refractivity contribution in [3.8, 4) is 0 Å². The zero-order valence-electron chi connectivity index (χ0n) is 13.5. The van der Waals surface area contributed by atoms with E-state index in [-0.39, 0.29) is 5.75 Å². The van der Waals surface area contributed by atoms with Crippen molar-refractivity contribution in [1.29, 1.82) is 0 Å². The van der Waals surface area contributed by atoms with E-state index in [9.17, 15) is 39.9 Å². The van der Waals surface area contributed by atoms with Crippen LogP contribution in [-0.2, 0) is 23.9 Å². The summed E-state index contributed by atoms with van der Waals surface area (Å²) >= 11 is 3.90. The average Bonchev–Trinajstić information content (AvgIpc) is 2.58. The van der Waals surface area contributed by atoms with Gasteiger partial charge in [-0.25, -0.2) is 0 Å². The van der Waals surface area contributed by atoms with Gasteiger partial charge < -0.3 is 55.6 Å². The number of aliphatic hydroxyl groups is 3. The largest absolute Gasteiger partial charge is 0.550 e. The van der Waals surface area contributed by atoms with Crippen molar-refractivity contribution in [3.05, 3.63) is 0 Å². The molecule has 1 saturated heterocycles. The summed E-state index contributed by atoms with van der Waals surface area (Å²) in [6.45, 7) is -0.760. The molecular formula is C13H21N2O10S-. The fraction of sp³-hybridized carbons (Fsp3) is 0.769. The number of nitrogens with one attached hydrogen (secondary N) is 1. The molecule has 1 aliphatic heterocycles. The van der Waals surface area contributed by atoms with Crippen LogP contribution in [0.1, 0.15) is 6.42 Å². The van der Waals surface area contributed by atoms with Crippen LogP contribution in [0, 0.1) is 0 Å². The molecule has 12 nitrogen and oxygen atoms in total. The van der Waals surface area contributed by atoms with Crippen LogP contribution < -0.4 is 21.3 Å². The molecule has 1 fully saturated rings. The molecule has 0 aliphatic carbocycles. The summed E-state index contributed by atoms with van der Waals surface area (Å²) in [6.07, 6.45) is -9.52. The number of amides is 1. The third kappa shape index (κ3) is 5.77. The minimum Gasteiger partial charge on any atom is -0.550 e. The van der Waals surface area contributed by atoms with Crippen molar-refractivity contribution in [3.63, 3.8) is 0 Å². The number of carbonyl (C=O) groups is 3. The number of aliphatic hydroxyl groups excluding tert-OH is 3. The Balaban J connectivity index is 3.03. The first-order chi connectivity index (χ1) is 12.1. The monoisotopic (exact) mass is 397 g/mol. The highest BCUT2D eigenvalue weighted by molar-refractivity contribution is 7.80. The number of hydrogen-bond donors (Lipinski definition) is 6. The summed E-state index contributed by atoms with van der Waals surface area (Å²) in [5.41, 5.74) is 3.51. The SMILES string of the molecule is [NH3+][C@@H](CS)C(=O)N[C@H]1[C@@H](O[C@@H](CC(=O)[O-])C(=O)[O-])O[C@H](CO)[C@@H](O)[C@@H]1O. The van der Waals surface area contributed by atoms with Gasteiger partial charge in [0.05, 0.1) is 18.3 Å². The predicted octanol–water partition coefficient (Wildman–Crippen LogP) is -7.27. The number of carboxylic acids is 2. The number of carboxylic acid groups (broad SMARTS) is 2. The summed E-state index contributed by atoms with van der Waals surface area (Å²) in [5.74, 6) is -4.30. The molecule has 7 N–H and O–H groups in total. The van der Waals surface area contributed by atoms with E-state index in [2.05, 4.69) is 23.7 Å². The van der Waals surface area contributed by atoms with E-state index in [1.54, 1.807) is 0 Å². The number of hydrogen-bond acceptors (Lipinski definition) is 11. The van der Waals surface area contributed by atoms with Crippen LogP contribution in [0.3, 0.4) is 0 Å². The lowest BCUT2D eigenvalue weighted by Gasteiger charge is -2.43. The highest BCUT2D eigenvalue weighted by Crippen LogP contribution is 2.23. The van der Waals surface area contributed by atoms with Gasteiger partial charge in [0.15, 0.2) is 12.3 Å². The van der Waals surface area contributed by atoms with Crippen molar-refractivity contribution >= 4 is 30.5 Å². The fourth-order valence-electron chi connectivity index (χ4n) is 2.22. The molecule has 0 bridgehead atoms. The van der Waals surface area contributed by atoms with Gasteiger partial charge in [-0.3, -0.25) is 4.79 Å². The van der Waals surface area contributed by atoms with E-state index in [0.717, 1.165) is 0 Å². The summed E-state index contributed by atoms with van der Waals surface area (Å²) in [6, 6.07) is -2.33. The Morgan fingerprint density at radius 1 is 1.27 bits per heavy atom. The zero-order chi connectivity index (χ0) is 20.0. The van der Waals surface area contributed by atoms with Crippen molar-refractivity contribution in [2.45, 2.75) is 49.2 Å². The van der Waals surface area contributed by atoms with Crippen molar-refractivity contribution in [2.75, 3.05) is 12.4 Å². The number of thiol groups is 1. The molecular weight excluding hydrogens is 376 g/mol. The molecule has 0 saturated carbocycles. The van der Waals surface area contributed by atoms with Gasteiger partial charge in [0.1, 0.15) is 30.5 Å². The van der Waals surface area contributed by atoms with Gasteiger partial charge in [-0.2, -0.15) is 12.6 Å². The molecule has 0 aromatic rings. The number of rotatable bonds is 9. The van der Waals surface area contributed by atoms with Gasteiger partial charge in [-0.05, 0) is 0 Å². The molecule has 26 heavy (non-hydrogen) atoms. The zero-order valence-corrected chi connectivity index (χ0v) is 14.4. The van der Waals surface area contributed by atoms with E-state index in [0.29, 0.717) is 0 Å². The number of aliphatic carboxylic acids is 2. The Morgan fingerprint density at radius 3 is 2.35 bits per heavy atom. The molecule has 0 radical (unpaired) electrons. The lowest BCUT2D eigenvalue weighted by atomic mass is 9.96. The van der Waals surface area contributed by atoms with E-state index in [4.69, 9.17) is 9.47 Å². The molecule has 1 rings (SSSR count). The molecule has 1 amide bonds. The lowest BCUT2D eigenvalue weighted by molar-refractivity contribution is -0.397. The standard InChI is InChI=1S/C13H22N2O10S/c14-4(3-26)11(21)15-8-10(20)9(19)6(2-16)25-13(8)24-5(12(22)23)1-7(17)18/h4-6,8-10,13,16,19-20,26H,1-3,14H2,(H,15,21)(H,17,18)(H,22,23)/p-1/t4-,5-,6+,8+,9+,10+,13-/m0/s1. The molecule has 0 unspecified atom stereocenters. The topological polar surface area (TPSA) is 216 Å². The highest BCUT2D eigenvalue weighted by Gasteiger charge is 2.47. The van der Waals surface area contributed by atoms with Crippen LogP contribution in [-0.4, -0.2) is 88.3 Å². The Bertz CT molecular complexity index is 521. The maximum Gasteiger partial charge on any atom is 0.279 e. The Morgan fingerprint density at radius 2 is 1.88 bits per heavy atom. The normalized spacial score (nSPS) is 31.0. The first-order valence-corrected chi connectivity index (χ1v) is 8.18. The summed E-state index contributed by atoms with van der Waals surface area (Å²) in [4.78, 5) is 33.7. The summed E-state index contributed by atoms with van der Waals surface area (Å²) < 4.78 is 10.2. The third-order valence-corrected chi connectivity index (χ3v) is 4.14. The second kappa shape index (κ2) is 10.0. The van der Waals surface area contributed by atoms with Crippen LogP contribution in [0.2, 0.25) is 0 Å². The highest BCUT2D eigenvalue weighted by atomic mass is 32.1. The van der Waals surface area contributed by atoms with Crippen molar-refractivity contribution < 1.29 is 55.1 Å². The molecule has 0 aromatic carbocycles. The number of carbonyl (C=O) groups excluding carboxylic acids is 3. The molecule has 13 heteroatoms. The maximum absolute atomic E-state index is 12.0. The minimum absolute atomic E-state index is 0.0508. The Hall–Kier alpha value is -1.48. The quantitative estimate of drug-likeness (QED) is 0.202. The fourth-order valence-corrected chi connectivity index (χ4v) is 2.38. The van der Waals surface area contributed by atoms with Gasteiger partial charge in [0, 0.05) is 12.4 Å². The van der Waals surface area contributed by atoms with Crippen LogP contribution in [0.4, 0.5) is 0 Å². The predicted molar refractivity (Wildman–Crippen MR) is 79.7 cm³/mol. The molecule has 0 aromatic heterocycles. The minimum atomic E-state index is -2.02. The third-order valence-electron chi connectivity index (χ3n) is 3.69. The molecule has 1 aliphatic rings. The second-order valence-electron chi connectivity index (χ2n) is 5.64. The summed E-state index contributed by atoms with van der Waals surface area (Å²) in [7, 11) is 0. The van der Waals surface area contributed by atoms with Gasteiger partial charge >= 0.3 is 0 Å². The van der Waals surface area contributed by atoms with Gasteiger partial charge in [0.25, 0.3) is 5.91 Å². The van der Waals surface area contributed by atoms with E-state index < -0.39 is 73.7 Å². The molecule has 1 heterocycles. The number of quaternary nitrogens is 1. The number of ether oxygens (including phenoxy) is 2. The van der Waals surface area contributed by atoms with Gasteiger partial charge in [-0.15, -0.1) is 0 Å². The second-order valence-corrected chi connectivity index (χ2v) is 6.01. The first-order valence-electron chi connectivity index (χ1n) is 7.55. The van der Waals surface area contributed by atoms with Crippen LogP contribution in [0.25, 0.3) is 0 Å². The van der Waals surface area contributed by atoms with E-state index in [1.165, 1.54) is 0 Å². The van der Waals surface area contributed by atoms with E-state index >= 15 is 0 Å². The van der Waals surface area contributed by atoms with Crippen molar-refractivity contribution in [2.24, 2.45) is 0 Å². The Labute approximate surface area is 153 Å². The Kier molecular flexibility index (Phi) is 8.69. The summed E-state index contributed by atoms with van der Waals surface area (Å²) in [5, 5.41) is 53.2. The lowest BCUT2D eigenvalue weighted by Crippen LogP contribution is -2.72. The van der Waals surface area contributed by atoms with Crippen LogP contribution >= 0.6 is 12.6 Å². The van der Waals surface area contributed by atoms with Gasteiger partial charge in [0.2, 0.25) is 0 Å². The maximum atomic E-state index is 12.0. The first kappa shape index (κ1) is 22.6. The van der Waals surface area contributed by atoms with E-state index in [1.807, 2.05) is 0 Å². The molecule has 0 spiro atoms. The average molecular weight is 397 g/mol. The van der Waals surface area contributed by atoms with Crippen molar-refractivity contribution in [1.82, 2.24) is 5.32 Å². The van der Waals surface area contributed by atoms with Crippen LogP contribution in [0.15, 0.2) is 0 Å². The van der Waals surface area contributed by atoms with Gasteiger partial charge in [-0.1, -0.05) is 0 Å². The smallest absolute Gasteiger partial charge is 0.279 e.